The van der Waals surface area contributed by atoms with Crippen molar-refractivity contribution >= 4 is 38.4 Å². The van der Waals surface area contributed by atoms with Crippen LogP contribution in [0, 0.1) is 0 Å². The summed E-state index contributed by atoms with van der Waals surface area (Å²) in [7, 11) is 0. The number of urea groups is 1. The molecule has 0 spiro atoms. The molecule has 0 radical (unpaired) electrons. The van der Waals surface area contributed by atoms with E-state index in [0.717, 1.165) is 15.9 Å². The SMILES string of the molecule is O=C(NCc1nnc2ccccn12)Nc1nc2ccccc2s1. The fraction of sp³-hybridized carbons (Fsp3) is 0.0667. The average Bonchev–Trinajstić information content (AvgIpc) is 3.16. The number of nitrogens with one attached hydrogen (secondary N) is 2. The van der Waals surface area contributed by atoms with Crippen molar-refractivity contribution in [2.45, 2.75) is 6.54 Å². The monoisotopic (exact) mass is 324 g/mol. The fourth-order valence-corrected chi connectivity index (χ4v) is 3.10. The predicted molar refractivity (Wildman–Crippen MR) is 88.5 cm³/mol. The second-order valence-electron chi connectivity index (χ2n) is 4.84. The van der Waals surface area contributed by atoms with Gasteiger partial charge in [0, 0.05) is 6.20 Å². The minimum atomic E-state index is -0.322. The Balaban J connectivity index is 1.43. The Bertz CT molecular complexity index is 959. The zero-order valence-corrected chi connectivity index (χ0v) is 12.7. The number of rotatable bonds is 3. The molecule has 0 aliphatic heterocycles. The van der Waals surface area contributed by atoms with E-state index in [1.54, 1.807) is 0 Å². The minimum Gasteiger partial charge on any atom is -0.330 e. The van der Waals surface area contributed by atoms with Crippen molar-refractivity contribution in [3.05, 3.63) is 54.5 Å². The first-order valence-corrected chi connectivity index (χ1v) is 7.80. The van der Waals surface area contributed by atoms with Gasteiger partial charge in [-0.05, 0) is 24.3 Å². The lowest BCUT2D eigenvalue weighted by Crippen LogP contribution is -2.28. The summed E-state index contributed by atoms with van der Waals surface area (Å²) in [6.45, 7) is 0.280. The molecule has 0 aliphatic carbocycles. The molecule has 3 aromatic heterocycles. The lowest BCUT2D eigenvalue weighted by molar-refractivity contribution is 0.251. The summed E-state index contributed by atoms with van der Waals surface area (Å²) in [6.07, 6.45) is 1.86. The van der Waals surface area contributed by atoms with Crippen molar-refractivity contribution in [3.8, 4) is 0 Å². The van der Waals surface area contributed by atoms with Crippen molar-refractivity contribution in [2.24, 2.45) is 0 Å². The number of carbonyl (C=O) groups is 1. The average molecular weight is 324 g/mol. The first-order chi connectivity index (χ1) is 11.3. The van der Waals surface area contributed by atoms with Crippen LogP contribution in [0.25, 0.3) is 15.9 Å². The molecule has 2 N–H and O–H groups in total. The van der Waals surface area contributed by atoms with E-state index in [0.29, 0.717) is 11.0 Å². The van der Waals surface area contributed by atoms with Crippen LogP contribution in [0.4, 0.5) is 9.93 Å². The number of thiazole rings is 1. The Kier molecular flexibility index (Phi) is 3.35. The standard InChI is InChI=1S/C15H12N6OS/c22-14(18-15-17-10-5-1-2-6-11(10)23-15)16-9-13-20-19-12-7-3-4-8-21(12)13/h1-8H,9H2,(H2,16,17,18,22). The molecule has 8 heteroatoms. The first-order valence-electron chi connectivity index (χ1n) is 6.99. The van der Waals surface area contributed by atoms with Gasteiger partial charge in [-0.25, -0.2) is 9.78 Å². The molecule has 0 aliphatic rings. The van der Waals surface area contributed by atoms with Gasteiger partial charge in [0.05, 0.1) is 16.8 Å². The maximum atomic E-state index is 12.0. The van der Waals surface area contributed by atoms with E-state index in [9.17, 15) is 4.79 Å². The highest BCUT2D eigenvalue weighted by atomic mass is 32.1. The van der Waals surface area contributed by atoms with Gasteiger partial charge in [0.1, 0.15) is 0 Å². The van der Waals surface area contributed by atoms with Gasteiger partial charge in [-0.15, -0.1) is 10.2 Å². The Morgan fingerprint density at radius 3 is 2.91 bits per heavy atom. The number of hydrogen-bond acceptors (Lipinski definition) is 5. The number of aromatic nitrogens is 4. The molecular formula is C15H12N6OS. The number of pyridine rings is 1. The molecule has 114 valence electrons. The van der Waals surface area contributed by atoms with Gasteiger partial charge in [-0.2, -0.15) is 0 Å². The second kappa shape index (κ2) is 5.65. The Labute approximate surface area is 135 Å². The molecule has 0 atom stereocenters. The van der Waals surface area contributed by atoms with Crippen LogP contribution in [0.3, 0.4) is 0 Å². The number of benzene rings is 1. The van der Waals surface area contributed by atoms with E-state index in [2.05, 4.69) is 25.8 Å². The summed E-state index contributed by atoms with van der Waals surface area (Å²) in [5, 5.41) is 14.2. The van der Waals surface area contributed by atoms with E-state index in [1.165, 1.54) is 11.3 Å². The Morgan fingerprint density at radius 1 is 1.13 bits per heavy atom. The highest BCUT2D eigenvalue weighted by molar-refractivity contribution is 7.22. The number of para-hydroxylation sites is 1. The van der Waals surface area contributed by atoms with Gasteiger partial charge in [0.25, 0.3) is 0 Å². The molecule has 0 unspecified atom stereocenters. The van der Waals surface area contributed by atoms with Crippen LogP contribution in [0.15, 0.2) is 48.7 Å². The summed E-state index contributed by atoms with van der Waals surface area (Å²) in [6, 6.07) is 13.1. The van der Waals surface area contributed by atoms with Crippen molar-refractivity contribution in [1.82, 2.24) is 24.9 Å². The van der Waals surface area contributed by atoms with Gasteiger partial charge in [0.2, 0.25) is 0 Å². The lowest BCUT2D eigenvalue weighted by Gasteiger charge is -2.04. The van der Waals surface area contributed by atoms with Crippen molar-refractivity contribution in [3.63, 3.8) is 0 Å². The van der Waals surface area contributed by atoms with Gasteiger partial charge < -0.3 is 5.32 Å². The second-order valence-corrected chi connectivity index (χ2v) is 5.87. The maximum Gasteiger partial charge on any atom is 0.321 e. The molecule has 3 heterocycles. The van der Waals surface area contributed by atoms with Gasteiger partial charge in [-0.3, -0.25) is 9.72 Å². The predicted octanol–water partition coefficient (Wildman–Crippen LogP) is 2.66. The third kappa shape index (κ3) is 2.71. The van der Waals surface area contributed by atoms with Crippen molar-refractivity contribution in [2.75, 3.05) is 5.32 Å². The summed E-state index contributed by atoms with van der Waals surface area (Å²) < 4.78 is 2.86. The van der Waals surface area contributed by atoms with Crippen LogP contribution in [0.2, 0.25) is 0 Å². The van der Waals surface area contributed by atoms with Crippen LogP contribution < -0.4 is 10.6 Å². The molecule has 7 nitrogen and oxygen atoms in total. The Hall–Kier alpha value is -3.00. The smallest absolute Gasteiger partial charge is 0.321 e. The topological polar surface area (TPSA) is 84.2 Å². The lowest BCUT2D eigenvalue weighted by atomic mass is 10.3. The molecule has 0 saturated heterocycles. The number of anilines is 1. The van der Waals surface area contributed by atoms with Gasteiger partial charge in [0.15, 0.2) is 16.6 Å². The third-order valence-electron chi connectivity index (χ3n) is 3.31. The molecule has 0 bridgehead atoms. The van der Waals surface area contributed by atoms with Gasteiger partial charge >= 0.3 is 6.03 Å². The number of fused-ring (bicyclic) bond motifs is 2. The molecule has 4 rings (SSSR count). The molecule has 0 fully saturated rings. The highest BCUT2D eigenvalue weighted by Crippen LogP contribution is 2.25. The molecule has 2 amide bonds. The van der Waals surface area contributed by atoms with E-state index < -0.39 is 0 Å². The van der Waals surface area contributed by atoms with Crippen molar-refractivity contribution in [1.29, 1.82) is 0 Å². The van der Waals surface area contributed by atoms with Crippen molar-refractivity contribution < 1.29 is 4.79 Å². The third-order valence-corrected chi connectivity index (χ3v) is 4.26. The molecular weight excluding hydrogens is 312 g/mol. The largest absolute Gasteiger partial charge is 0.330 e. The summed E-state index contributed by atoms with van der Waals surface area (Å²) in [5.41, 5.74) is 1.62. The zero-order chi connectivity index (χ0) is 15.6. The summed E-state index contributed by atoms with van der Waals surface area (Å²) >= 11 is 1.44. The molecule has 0 saturated carbocycles. The summed E-state index contributed by atoms with van der Waals surface area (Å²) in [5.74, 6) is 0.667. The molecule has 23 heavy (non-hydrogen) atoms. The van der Waals surface area contributed by atoms with Crippen LogP contribution in [0.1, 0.15) is 5.82 Å². The number of carbonyl (C=O) groups excluding carboxylic acids is 1. The molecule has 4 aromatic rings. The first kappa shape index (κ1) is 13.6. The minimum absolute atomic E-state index is 0.280. The number of nitrogens with zero attached hydrogens (tertiary/aromatic N) is 4. The van der Waals surface area contributed by atoms with Crippen LogP contribution in [0.5, 0.6) is 0 Å². The fourth-order valence-electron chi connectivity index (χ4n) is 2.24. The van der Waals surface area contributed by atoms with E-state index >= 15 is 0 Å². The quantitative estimate of drug-likeness (QED) is 0.607. The van der Waals surface area contributed by atoms with Gasteiger partial charge in [-0.1, -0.05) is 29.5 Å². The zero-order valence-electron chi connectivity index (χ0n) is 11.9. The molecule has 1 aromatic carbocycles. The summed E-state index contributed by atoms with van der Waals surface area (Å²) in [4.78, 5) is 16.4. The number of amides is 2. The van der Waals surface area contributed by atoms with Crippen LogP contribution in [-0.2, 0) is 6.54 Å². The maximum absolute atomic E-state index is 12.0. The van der Waals surface area contributed by atoms with E-state index in [-0.39, 0.29) is 12.6 Å². The van der Waals surface area contributed by atoms with E-state index in [4.69, 9.17) is 0 Å². The highest BCUT2D eigenvalue weighted by Gasteiger charge is 2.09. The van der Waals surface area contributed by atoms with Crippen LogP contribution >= 0.6 is 11.3 Å². The number of hydrogen-bond donors (Lipinski definition) is 2. The van der Waals surface area contributed by atoms with E-state index in [1.807, 2.05) is 53.1 Å². The van der Waals surface area contributed by atoms with Crippen LogP contribution in [-0.4, -0.2) is 25.6 Å². The Morgan fingerprint density at radius 2 is 2.00 bits per heavy atom. The normalized spacial score (nSPS) is 11.0.